The number of thiazole rings is 1. The van der Waals surface area contributed by atoms with Gasteiger partial charge in [0.15, 0.2) is 0 Å². The number of thioether (sulfide) groups is 1. The fourth-order valence-electron chi connectivity index (χ4n) is 2.58. The lowest BCUT2D eigenvalue weighted by atomic mass is 9.93. The number of hydrogen-bond donors (Lipinski definition) is 2. The van der Waals surface area contributed by atoms with E-state index in [1.54, 1.807) is 11.3 Å². The maximum atomic E-state index is 10.6. The maximum Gasteiger partial charge on any atom is 0.490 e. The Morgan fingerprint density at radius 3 is 2.03 bits per heavy atom. The quantitative estimate of drug-likeness (QED) is 0.632. The summed E-state index contributed by atoms with van der Waals surface area (Å²) in [6.07, 6.45) is -6.57. The number of carboxylic acids is 2. The van der Waals surface area contributed by atoms with Crippen LogP contribution in [0, 0.1) is 0 Å². The molecule has 2 fully saturated rings. The summed E-state index contributed by atoms with van der Waals surface area (Å²) in [4.78, 5) is 24.6. The topological polar surface area (TPSA) is 100.0 Å². The van der Waals surface area contributed by atoms with Crippen molar-refractivity contribution < 1.29 is 50.9 Å². The summed E-state index contributed by atoms with van der Waals surface area (Å²) in [5.74, 6) is -4.35. The predicted molar refractivity (Wildman–Crippen MR) is 95.4 cm³/mol. The number of rotatable bonds is 3. The first-order chi connectivity index (χ1) is 13.7. The van der Waals surface area contributed by atoms with E-state index in [9.17, 15) is 26.3 Å². The minimum absolute atomic E-state index is 0.479. The summed E-state index contributed by atoms with van der Waals surface area (Å²) in [5.41, 5.74) is 0. The van der Waals surface area contributed by atoms with Crippen molar-refractivity contribution in [1.29, 1.82) is 0 Å². The van der Waals surface area contributed by atoms with E-state index in [2.05, 4.69) is 27.0 Å². The Hall–Kier alpha value is -1.58. The molecule has 2 aliphatic rings. The summed E-state index contributed by atoms with van der Waals surface area (Å²) in [7, 11) is 1.83. The number of aromatic nitrogens is 1. The molecule has 2 aliphatic heterocycles. The summed E-state index contributed by atoms with van der Waals surface area (Å²) in [5, 5.41) is 17.5. The second kappa shape index (κ2) is 10.6. The highest BCUT2D eigenvalue weighted by atomic mass is 32.2. The van der Waals surface area contributed by atoms with Gasteiger partial charge in [0.05, 0.1) is 12.6 Å². The van der Waals surface area contributed by atoms with E-state index in [4.69, 9.17) is 24.5 Å². The van der Waals surface area contributed by atoms with Crippen LogP contribution in [-0.2, 0) is 20.9 Å². The molecule has 1 aromatic heterocycles. The third-order valence-corrected chi connectivity index (χ3v) is 6.20. The van der Waals surface area contributed by atoms with Gasteiger partial charge in [-0.05, 0) is 6.42 Å². The molecule has 0 amide bonds. The van der Waals surface area contributed by atoms with Crippen LogP contribution in [0.4, 0.5) is 26.3 Å². The van der Waals surface area contributed by atoms with Crippen LogP contribution in [0.2, 0.25) is 0 Å². The maximum absolute atomic E-state index is 10.6. The second-order valence-corrected chi connectivity index (χ2v) is 8.70. The van der Waals surface area contributed by atoms with Gasteiger partial charge in [0.25, 0.3) is 0 Å². The molecule has 15 heteroatoms. The first-order valence-electron chi connectivity index (χ1n) is 8.06. The van der Waals surface area contributed by atoms with Crippen LogP contribution in [0.5, 0.6) is 0 Å². The van der Waals surface area contributed by atoms with Gasteiger partial charge in [-0.15, -0.1) is 23.1 Å². The number of methoxy groups -OCH3 is 1. The normalized spacial score (nSPS) is 20.4. The summed E-state index contributed by atoms with van der Waals surface area (Å²) >= 11 is 3.85. The smallest absolute Gasteiger partial charge is 0.475 e. The van der Waals surface area contributed by atoms with Gasteiger partial charge in [0, 0.05) is 42.3 Å². The number of ether oxygens (including phenoxy) is 1. The van der Waals surface area contributed by atoms with Crippen molar-refractivity contribution in [3.63, 3.8) is 0 Å². The van der Waals surface area contributed by atoms with Crippen molar-refractivity contribution in [3.05, 3.63) is 16.6 Å². The van der Waals surface area contributed by atoms with E-state index < -0.39 is 24.3 Å². The van der Waals surface area contributed by atoms with Crippen LogP contribution in [-0.4, -0.2) is 81.2 Å². The highest BCUT2D eigenvalue weighted by Crippen LogP contribution is 2.46. The zero-order valence-corrected chi connectivity index (χ0v) is 17.0. The standard InChI is InChI=1S/C11H16N2OS2.2C2HF3O2/c1-14-9-4-11(16-6-9)7-13(8-11)5-10-12-2-3-15-10;2*3-2(4,5)1(6)7/h2-3,9H,4-8H2,1H3;2*(H,6,7). The number of halogens is 6. The average Bonchev–Trinajstić information content (AvgIpc) is 3.23. The fourth-order valence-corrected chi connectivity index (χ4v) is 4.88. The third-order valence-electron chi connectivity index (χ3n) is 3.86. The molecule has 7 nitrogen and oxygen atoms in total. The fraction of sp³-hybridized carbons (Fsp3) is 0.667. The summed E-state index contributed by atoms with van der Waals surface area (Å²) < 4.78 is 69.4. The lowest BCUT2D eigenvalue weighted by Crippen LogP contribution is -2.58. The number of hydrogen-bond acceptors (Lipinski definition) is 7. The molecular weight excluding hydrogens is 466 g/mol. The van der Waals surface area contributed by atoms with Crippen LogP contribution in [0.1, 0.15) is 11.4 Å². The Kier molecular flexibility index (Phi) is 9.38. The molecule has 1 atom stereocenters. The number of carbonyl (C=O) groups is 2. The number of nitrogens with zero attached hydrogens (tertiary/aromatic N) is 2. The van der Waals surface area contributed by atoms with E-state index in [0.29, 0.717) is 10.9 Å². The van der Waals surface area contributed by atoms with Gasteiger partial charge >= 0.3 is 24.3 Å². The third kappa shape index (κ3) is 8.65. The van der Waals surface area contributed by atoms with Gasteiger partial charge in [-0.25, -0.2) is 14.6 Å². The Morgan fingerprint density at radius 1 is 1.20 bits per heavy atom. The predicted octanol–water partition coefficient (Wildman–Crippen LogP) is 3.12. The molecule has 3 heterocycles. The zero-order valence-electron chi connectivity index (χ0n) is 15.4. The van der Waals surface area contributed by atoms with Crippen molar-refractivity contribution >= 4 is 35.0 Å². The highest BCUT2D eigenvalue weighted by Gasteiger charge is 2.49. The van der Waals surface area contributed by atoms with E-state index in [-0.39, 0.29) is 0 Å². The average molecular weight is 484 g/mol. The largest absolute Gasteiger partial charge is 0.490 e. The van der Waals surface area contributed by atoms with E-state index in [1.807, 2.05) is 13.3 Å². The molecule has 172 valence electrons. The molecule has 2 saturated heterocycles. The lowest BCUT2D eigenvalue weighted by Gasteiger charge is -2.47. The van der Waals surface area contributed by atoms with Crippen molar-refractivity contribution in [2.24, 2.45) is 0 Å². The van der Waals surface area contributed by atoms with Gasteiger partial charge < -0.3 is 14.9 Å². The molecule has 1 aromatic rings. The molecule has 0 radical (unpaired) electrons. The molecular formula is C15H18F6N2O5S2. The number of carboxylic acid groups (broad SMARTS) is 2. The van der Waals surface area contributed by atoms with Crippen LogP contribution < -0.4 is 0 Å². The molecule has 0 saturated carbocycles. The van der Waals surface area contributed by atoms with E-state index in [1.165, 1.54) is 30.3 Å². The Balaban J connectivity index is 0.000000271. The molecule has 1 spiro atoms. The van der Waals surface area contributed by atoms with Gasteiger partial charge in [-0.1, -0.05) is 0 Å². The molecule has 3 rings (SSSR count). The lowest BCUT2D eigenvalue weighted by molar-refractivity contribution is -0.193. The Bertz CT molecular complexity index is 669. The monoisotopic (exact) mass is 484 g/mol. The number of aliphatic carboxylic acids is 2. The first-order valence-corrected chi connectivity index (χ1v) is 9.93. The minimum Gasteiger partial charge on any atom is -0.475 e. The van der Waals surface area contributed by atoms with Crippen LogP contribution in [0.15, 0.2) is 11.6 Å². The number of alkyl halides is 6. The van der Waals surface area contributed by atoms with Gasteiger partial charge in [-0.3, -0.25) is 4.90 Å². The van der Waals surface area contributed by atoms with Gasteiger partial charge in [0.2, 0.25) is 0 Å². The summed E-state index contributed by atoms with van der Waals surface area (Å²) in [6, 6.07) is 0. The molecule has 1 unspecified atom stereocenters. The zero-order chi connectivity index (χ0) is 23.2. The SMILES string of the molecule is COC1CSC2(C1)CN(Cc1nccs1)C2.O=C(O)C(F)(F)F.O=C(O)C(F)(F)F. The first kappa shape index (κ1) is 26.5. The van der Waals surface area contributed by atoms with Gasteiger partial charge in [-0.2, -0.15) is 26.3 Å². The molecule has 0 bridgehead atoms. The molecule has 2 N–H and O–H groups in total. The van der Waals surface area contributed by atoms with Gasteiger partial charge in [0.1, 0.15) is 5.01 Å². The molecule has 30 heavy (non-hydrogen) atoms. The van der Waals surface area contributed by atoms with E-state index >= 15 is 0 Å². The molecule has 0 aliphatic carbocycles. The van der Waals surface area contributed by atoms with Crippen molar-refractivity contribution in [1.82, 2.24) is 9.88 Å². The molecule has 0 aromatic carbocycles. The van der Waals surface area contributed by atoms with Crippen LogP contribution >= 0.6 is 23.1 Å². The van der Waals surface area contributed by atoms with Crippen molar-refractivity contribution in [3.8, 4) is 0 Å². The highest BCUT2D eigenvalue weighted by molar-refractivity contribution is 8.01. The minimum atomic E-state index is -5.08. The van der Waals surface area contributed by atoms with Crippen molar-refractivity contribution in [2.45, 2.75) is 36.2 Å². The second-order valence-electron chi connectivity index (χ2n) is 6.23. The van der Waals surface area contributed by atoms with Crippen LogP contribution in [0.3, 0.4) is 0 Å². The summed E-state index contributed by atoms with van der Waals surface area (Å²) in [6.45, 7) is 3.44. The Morgan fingerprint density at radius 2 is 1.70 bits per heavy atom. The van der Waals surface area contributed by atoms with E-state index in [0.717, 1.165) is 6.54 Å². The number of likely N-dealkylation sites (tertiary alicyclic amines) is 1. The Labute approximate surface area is 175 Å². The van der Waals surface area contributed by atoms with Crippen LogP contribution in [0.25, 0.3) is 0 Å². The van der Waals surface area contributed by atoms with Crippen molar-refractivity contribution in [2.75, 3.05) is 26.0 Å².